The number of alkyl halides is 1. The van der Waals surface area contributed by atoms with Gasteiger partial charge >= 0.3 is 0 Å². The van der Waals surface area contributed by atoms with E-state index in [4.69, 9.17) is 0 Å². The third-order valence-electron chi connectivity index (χ3n) is 4.90. The Kier molecular flexibility index (Phi) is 4.69. The fourth-order valence-electron chi connectivity index (χ4n) is 3.94. The Morgan fingerprint density at radius 1 is 1.15 bits per heavy atom. The monoisotopic (exact) mass is 276 g/mol. The fraction of sp³-hybridized carbons (Fsp3) is 0.647. The maximum Gasteiger partial charge on any atom is 0.0906 e. The second-order valence-corrected chi connectivity index (χ2v) is 6.28. The zero-order valence-corrected chi connectivity index (χ0v) is 12.1. The average Bonchev–Trinajstić information content (AvgIpc) is 3.01. The van der Waals surface area contributed by atoms with E-state index in [1.807, 2.05) is 0 Å². The first-order valence-corrected chi connectivity index (χ1v) is 7.92. The van der Waals surface area contributed by atoms with Crippen LogP contribution in [0.4, 0.5) is 4.39 Å². The number of nitrogens with one attached hydrogen (secondary N) is 1. The molecule has 1 aromatic carbocycles. The molecule has 1 saturated carbocycles. The summed E-state index contributed by atoms with van der Waals surface area (Å²) in [4.78, 5) is 2.59. The van der Waals surface area contributed by atoms with Crippen molar-refractivity contribution in [3.8, 4) is 0 Å². The van der Waals surface area contributed by atoms with Crippen molar-refractivity contribution in [1.29, 1.82) is 0 Å². The Hall–Kier alpha value is -0.930. The molecule has 0 amide bonds. The van der Waals surface area contributed by atoms with Gasteiger partial charge in [0.25, 0.3) is 0 Å². The first kappa shape index (κ1) is 14.0. The molecule has 1 saturated heterocycles. The van der Waals surface area contributed by atoms with Crippen molar-refractivity contribution in [3.05, 3.63) is 35.9 Å². The van der Waals surface area contributed by atoms with E-state index in [-0.39, 0.29) is 6.67 Å². The minimum atomic E-state index is -0.200. The van der Waals surface area contributed by atoms with Crippen LogP contribution in [0, 0.1) is 11.8 Å². The Balaban J connectivity index is 1.51. The summed E-state index contributed by atoms with van der Waals surface area (Å²) in [5.41, 5.74) is 1.41. The third kappa shape index (κ3) is 3.21. The molecule has 20 heavy (non-hydrogen) atoms. The number of likely N-dealkylation sites (tertiary alicyclic amines) is 1. The van der Waals surface area contributed by atoms with Crippen LogP contribution < -0.4 is 5.32 Å². The molecule has 1 heterocycles. The molecule has 0 aromatic heterocycles. The molecule has 0 radical (unpaired) electrons. The van der Waals surface area contributed by atoms with Crippen LogP contribution in [-0.4, -0.2) is 37.3 Å². The number of hydrogen-bond donors (Lipinski definition) is 1. The Morgan fingerprint density at radius 2 is 2.00 bits per heavy atom. The Labute approximate surface area is 121 Å². The third-order valence-corrected chi connectivity index (χ3v) is 4.90. The van der Waals surface area contributed by atoms with Crippen LogP contribution in [0.2, 0.25) is 0 Å². The average molecular weight is 276 g/mol. The molecule has 0 unspecified atom stereocenters. The van der Waals surface area contributed by atoms with Crippen molar-refractivity contribution in [2.45, 2.75) is 31.8 Å². The first-order valence-electron chi connectivity index (χ1n) is 7.92. The lowest BCUT2D eigenvalue weighted by molar-refractivity contribution is 0.288. The van der Waals surface area contributed by atoms with E-state index in [0.717, 1.165) is 24.9 Å². The topological polar surface area (TPSA) is 15.3 Å². The SMILES string of the molecule is FCCCN[C@@H]1CC[C@@H]2CN(Cc3ccccc3)C[C@@H]21. The smallest absolute Gasteiger partial charge is 0.0906 e. The highest BCUT2D eigenvalue weighted by molar-refractivity contribution is 5.15. The molecule has 2 aliphatic rings. The van der Waals surface area contributed by atoms with Crippen molar-refractivity contribution < 1.29 is 4.39 Å². The molecule has 0 bridgehead atoms. The van der Waals surface area contributed by atoms with Gasteiger partial charge in [-0.25, -0.2) is 0 Å². The lowest BCUT2D eigenvalue weighted by Gasteiger charge is -2.21. The van der Waals surface area contributed by atoms with Crippen LogP contribution in [0.1, 0.15) is 24.8 Å². The van der Waals surface area contributed by atoms with Gasteiger partial charge in [0.05, 0.1) is 6.67 Å². The maximum atomic E-state index is 12.2. The number of benzene rings is 1. The zero-order valence-electron chi connectivity index (χ0n) is 12.1. The number of fused-ring (bicyclic) bond motifs is 1. The molecule has 1 aromatic rings. The van der Waals surface area contributed by atoms with E-state index in [2.05, 4.69) is 40.5 Å². The molecule has 0 spiro atoms. The van der Waals surface area contributed by atoms with E-state index in [0.29, 0.717) is 12.5 Å². The molecule has 1 aliphatic carbocycles. The minimum absolute atomic E-state index is 0.200. The van der Waals surface area contributed by atoms with Gasteiger partial charge in [-0.2, -0.15) is 0 Å². The van der Waals surface area contributed by atoms with Gasteiger partial charge in [-0.15, -0.1) is 0 Å². The Morgan fingerprint density at radius 3 is 2.80 bits per heavy atom. The van der Waals surface area contributed by atoms with Gasteiger partial charge in [-0.3, -0.25) is 9.29 Å². The normalized spacial score (nSPS) is 29.8. The quantitative estimate of drug-likeness (QED) is 0.804. The highest BCUT2D eigenvalue weighted by Crippen LogP contribution is 2.38. The highest BCUT2D eigenvalue weighted by atomic mass is 19.1. The standard InChI is InChI=1S/C17H25FN2/c18-9-4-10-19-17-8-7-15-12-20(13-16(15)17)11-14-5-2-1-3-6-14/h1-3,5-6,15-17,19H,4,7-13H2/t15-,16+,17-/m1/s1. The van der Waals surface area contributed by atoms with E-state index in [1.54, 1.807) is 0 Å². The molecule has 1 aliphatic heterocycles. The van der Waals surface area contributed by atoms with Crippen LogP contribution >= 0.6 is 0 Å². The number of hydrogen-bond acceptors (Lipinski definition) is 2. The lowest BCUT2D eigenvalue weighted by atomic mass is 9.98. The summed E-state index contributed by atoms with van der Waals surface area (Å²) < 4.78 is 12.2. The van der Waals surface area contributed by atoms with Gasteiger partial charge in [0.2, 0.25) is 0 Å². The lowest BCUT2D eigenvalue weighted by Crippen LogP contribution is -2.36. The fourth-order valence-corrected chi connectivity index (χ4v) is 3.94. The highest BCUT2D eigenvalue weighted by Gasteiger charge is 2.41. The molecular formula is C17H25FN2. The molecule has 3 atom stereocenters. The molecule has 3 rings (SSSR count). The zero-order chi connectivity index (χ0) is 13.8. The minimum Gasteiger partial charge on any atom is -0.314 e. The van der Waals surface area contributed by atoms with Gasteiger partial charge in [-0.05, 0) is 43.2 Å². The van der Waals surface area contributed by atoms with Crippen molar-refractivity contribution in [2.75, 3.05) is 26.3 Å². The number of nitrogens with zero attached hydrogens (tertiary/aromatic N) is 1. The summed E-state index contributed by atoms with van der Waals surface area (Å²) in [5.74, 6) is 1.62. The molecule has 3 heteroatoms. The predicted molar refractivity (Wildman–Crippen MR) is 80.3 cm³/mol. The van der Waals surface area contributed by atoms with E-state index >= 15 is 0 Å². The number of halogens is 1. The Bertz CT molecular complexity index is 409. The van der Waals surface area contributed by atoms with Gasteiger partial charge in [0, 0.05) is 25.7 Å². The van der Waals surface area contributed by atoms with E-state index in [1.165, 1.54) is 31.5 Å². The number of rotatable bonds is 6. The van der Waals surface area contributed by atoms with Crippen LogP contribution in [0.5, 0.6) is 0 Å². The van der Waals surface area contributed by atoms with Crippen molar-refractivity contribution in [1.82, 2.24) is 10.2 Å². The summed E-state index contributed by atoms with van der Waals surface area (Å²) in [7, 11) is 0. The largest absolute Gasteiger partial charge is 0.314 e. The van der Waals surface area contributed by atoms with Gasteiger partial charge in [0.15, 0.2) is 0 Å². The summed E-state index contributed by atoms with van der Waals surface area (Å²) >= 11 is 0. The van der Waals surface area contributed by atoms with Gasteiger partial charge in [0.1, 0.15) is 0 Å². The molecule has 110 valence electrons. The predicted octanol–water partition coefficient (Wildman–Crippen LogP) is 2.85. The van der Waals surface area contributed by atoms with Crippen molar-refractivity contribution >= 4 is 0 Å². The van der Waals surface area contributed by atoms with Crippen LogP contribution in [0.3, 0.4) is 0 Å². The van der Waals surface area contributed by atoms with Crippen LogP contribution in [0.15, 0.2) is 30.3 Å². The maximum absolute atomic E-state index is 12.2. The summed E-state index contributed by atoms with van der Waals surface area (Å²) in [6.45, 7) is 4.15. The molecule has 2 fully saturated rings. The summed E-state index contributed by atoms with van der Waals surface area (Å²) in [5, 5.41) is 3.57. The van der Waals surface area contributed by atoms with Crippen LogP contribution in [0.25, 0.3) is 0 Å². The van der Waals surface area contributed by atoms with Gasteiger partial charge < -0.3 is 5.32 Å². The van der Waals surface area contributed by atoms with E-state index < -0.39 is 0 Å². The second-order valence-electron chi connectivity index (χ2n) is 6.28. The first-order chi connectivity index (χ1) is 9.86. The van der Waals surface area contributed by atoms with E-state index in [9.17, 15) is 4.39 Å². The summed E-state index contributed by atoms with van der Waals surface area (Å²) in [6.07, 6.45) is 3.27. The summed E-state index contributed by atoms with van der Waals surface area (Å²) in [6, 6.07) is 11.4. The second kappa shape index (κ2) is 6.68. The van der Waals surface area contributed by atoms with Gasteiger partial charge in [-0.1, -0.05) is 30.3 Å². The van der Waals surface area contributed by atoms with Crippen molar-refractivity contribution in [3.63, 3.8) is 0 Å². The molecule has 1 N–H and O–H groups in total. The molecular weight excluding hydrogens is 251 g/mol. The van der Waals surface area contributed by atoms with Crippen LogP contribution in [-0.2, 0) is 6.54 Å². The van der Waals surface area contributed by atoms with Crippen molar-refractivity contribution in [2.24, 2.45) is 11.8 Å². The molecule has 2 nitrogen and oxygen atoms in total.